The molecule has 0 atom stereocenters. The van der Waals surface area contributed by atoms with Gasteiger partial charge in [-0.05, 0) is 114 Å². The molecule has 2 N–H and O–H groups in total. The summed E-state index contributed by atoms with van der Waals surface area (Å²) in [5, 5.41) is 21.7. The van der Waals surface area contributed by atoms with E-state index in [-0.39, 0.29) is 23.5 Å². The van der Waals surface area contributed by atoms with E-state index in [1.165, 1.54) is 56.2 Å². The minimum atomic E-state index is -1.14. The molecule has 6 nitrogen and oxygen atoms in total. The predicted octanol–water partition coefficient (Wildman–Crippen LogP) is 6.38. The van der Waals surface area contributed by atoms with E-state index >= 15 is 0 Å². The van der Waals surface area contributed by atoms with Gasteiger partial charge in [-0.2, -0.15) is 0 Å². The average molecular weight is 503 g/mol. The van der Waals surface area contributed by atoms with Crippen LogP contribution in [0.1, 0.15) is 54.4 Å². The van der Waals surface area contributed by atoms with E-state index in [0.717, 1.165) is 45.4 Å². The Morgan fingerprint density at radius 2 is 1.57 bits per heavy atom. The normalized spacial score (nSPS) is 26.0. The van der Waals surface area contributed by atoms with Crippen LogP contribution < -0.4 is 4.74 Å². The van der Waals surface area contributed by atoms with Gasteiger partial charge in [-0.25, -0.2) is 4.79 Å². The summed E-state index contributed by atoms with van der Waals surface area (Å²) in [6.45, 7) is 1.23. The molecule has 0 radical (unpaired) electrons. The maximum Gasteiger partial charge on any atom is 0.339 e. The standard InChI is InChI=1S/C31H34O6/c1-35-6-7-36-18-37-29-14-24-3-2-22(23-4-5-26(30(33)34)28(32)13-23)11-25(24)12-27(29)31-15-19-8-20(16-31)10-21(9-19)17-31/h2-5,11-14,19-21,32H,6-10,15-18H2,1H3,(H,33,34). The Hall–Kier alpha value is -3.09. The van der Waals surface area contributed by atoms with Gasteiger partial charge in [0.15, 0.2) is 6.79 Å². The van der Waals surface area contributed by atoms with Crippen molar-refractivity contribution in [1.82, 2.24) is 0 Å². The number of ether oxygens (including phenoxy) is 3. The first-order valence-corrected chi connectivity index (χ1v) is 13.3. The maximum absolute atomic E-state index is 11.3. The molecule has 4 fully saturated rings. The fourth-order valence-electron chi connectivity index (χ4n) is 7.63. The molecule has 4 aliphatic rings. The van der Waals surface area contributed by atoms with Gasteiger partial charge in [0.1, 0.15) is 17.1 Å². The summed E-state index contributed by atoms with van der Waals surface area (Å²) in [7, 11) is 1.66. The largest absolute Gasteiger partial charge is 0.507 e. The molecule has 0 spiro atoms. The second kappa shape index (κ2) is 9.66. The third kappa shape index (κ3) is 4.57. The Morgan fingerprint density at radius 3 is 2.22 bits per heavy atom. The van der Waals surface area contributed by atoms with Crippen molar-refractivity contribution in [1.29, 1.82) is 0 Å². The van der Waals surface area contributed by atoms with Crippen LogP contribution in [-0.4, -0.2) is 43.3 Å². The van der Waals surface area contributed by atoms with Crippen molar-refractivity contribution in [2.24, 2.45) is 17.8 Å². The van der Waals surface area contributed by atoms with E-state index in [9.17, 15) is 15.0 Å². The minimum absolute atomic E-state index is 0.0943. The van der Waals surface area contributed by atoms with Gasteiger partial charge in [-0.15, -0.1) is 0 Å². The number of hydrogen-bond donors (Lipinski definition) is 2. The number of aromatic hydroxyl groups is 1. The molecule has 0 aliphatic heterocycles. The van der Waals surface area contributed by atoms with Crippen molar-refractivity contribution >= 4 is 16.7 Å². The molecule has 4 bridgehead atoms. The van der Waals surface area contributed by atoms with Crippen LogP contribution in [0.2, 0.25) is 0 Å². The molecule has 0 amide bonds. The number of aromatic carboxylic acids is 1. The van der Waals surface area contributed by atoms with Gasteiger partial charge in [-0.3, -0.25) is 0 Å². The number of rotatable bonds is 9. The lowest BCUT2D eigenvalue weighted by Gasteiger charge is -2.57. The molecule has 0 heterocycles. The highest BCUT2D eigenvalue weighted by molar-refractivity contribution is 5.93. The van der Waals surface area contributed by atoms with Gasteiger partial charge in [0.25, 0.3) is 0 Å². The number of carbonyl (C=O) groups is 1. The van der Waals surface area contributed by atoms with E-state index in [1.807, 2.05) is 6.07 Å². The minimum Gasteiger partial charge on any atom is -0.507 e. The van der Waals surface area contributed by atoms with E-state index in [1.54, 1.807) is 13.2 Å². The van der Waals surface area contributed by atoms with E-state index in [4.69, 9.17) is 14.2 Å². The highest BCUT2D eigenvalue weighted by Gasteiger charge is 2.52. The first-order chi connectivity index (χ1) is 17.9. The summed E-state index contributed by atoms with van der Waals surface area (Å²) in [6, 6.07) is 15.4. The Morgan fingerprint density at radius 1 is 0.892 bits per heavy atom. The van der Waals surface area contributed by atoms with E-state index in [0.29, 0.717) is 13.2 Å². The molecule has 4 saturated carbocycles. The number of hydrogen-bond acceptors (Lipinski definition) is 5. The molecule has 6 heteroatoms. The van der Waals surface area contributed by atoms with E-state index in [2.05, 4.69) is 24.3 Å². The van der Waals surface area contributed by atoms with Gasteiger partial charge in [0, 0.05) is 12.7 Å². The van der Waals surface area contributed by atoms with Gasteiger partial charge in [-0.1, -0.05) is 18.2 Å². The van der Waals surface area contributed by atoms with Crippen LogP contribution in [0.25, 0.3) is 21.9 Å². The molecule has 3 aromatic rings. The Labute approximate surface area is 217 Å². The third-order valence-electron chi connectivity index (χ3n) is 8.84. The predicted molar refractivity (Wildman–Crippen MR) is 141 cm³/mol. The van der Waals surface area contributed by atoms with Crippen LogP contribution >= 0.6 is 0 Å². The molecular weight excluding hydrogens is 468 g/mol. The van der Waals surface area contributed by atoms with Crippen molar-refractivity contribution in [2.45, 2.75) is 43.9 Å². The number of benzene rings is 3. The first-order valence-electron chi connectivity index (χ1n) is 13.3. The quantitative estimate of drug-likeness (QED) is 0.261. The lowest BCUT2D eigenvalue weighted by atomic mass is 9.48. The van der Waals surface area contributed by atoms with Gasteiger partial charge >= 0.3 is 5.97 Å². The maximum atomic E-state index is 11.3. The number of fused-ring (bicyclic) bond motifs is 1. The molecule has 4 aliphatic carbocycles. The van der Waals surface area contributed by atoms with Crippen LogP contribution in [0.4, 0.5) is 0 Å². The number of methoxy groups -OCH3 is 1. The van der Waals surface area contributed by atoms with E-state index < -0.39 is 5.97 Å². The van der Waals surface area contributed by atoms with Crippen LogP contribution in [0.3, 0.4) is 0 Å². The van der Waals surface area contributed by atoms with Crippen molar-refractivity contribution in [2.75, 3.05) is 27.1 Å². The smallest absolute Gasteiger partial charge is 0.339 e. The molecule has 194 valence electrons. The second-order valence-electron chi connectivity index (χ2n) is 11.3. The lowest BCUT2D eigenvalue weighted by molar-refractivity contribution is -0.0188. The molecular formula is C31H34O6. The first kappa shape index (κ1) is 24.3. The van der Waals surface area contributed by atoms with Crippen LogP contribution in [0.5, 0.6) is 11.5 Å². The highest BCUT2D eigenvalue weighted by Crippen LogP contribution is 2.62. The van der Waals surface area contributed by atoms with Crippen LogP contribution in [0, 0.1) is 17.8 Å². The molecule has 0 saturated heterocycles. The van der Waals surface area contributed by atoms with Crippen LogP contribution in [0.15, 0.2) is 48.5 Å². The summed E-state index contributed by atoms with van der Waals surface area (Å²) in [6.07, 6.45) is 7.83. The van der Waals surface area contributed by atoms with Gasteiger partial charge < -0.3 is 24.4 Å². The summed E-state index contributed by atoms with van der Waals surface area (Å²) < 4.78 is 17.0. The van der Waals surface area contributed by atoms with Gasteiger partial charge in [0.05, 0.1) is 13.2 Å². The summed E-state index contributed by atoms with van der Waals surface area (Å²) >= 11 is 0. The SMILES string of the molecule is COCCOCOc1cc2ccc(-c3ccc(C(=O)O)c(O)c3)cc2cc1C12CC3CC(CC(C3)C1)C2. The average Bonchev–Trinajstić information content (AvgIpc) is 2.86. The molecule has 3 aromatic carbocycles. The lowest BCUT2D eigenvalue weighted by Crippen LogP contribution is -2.48. The Bertz CT molecular complexity index is 1290. The molecule has 7 rings (SSSR count). The number of carboxylic acids is 1. The van der Waals surface area contributed by atoms with Gasteiger partial charge in [0.2, 0.25) is 0 Å². The zero-order chi connectivity index (χ0) is 25.6. The van der Waals surface area contributed by atoms with Crippen molar-refractivity contribution < 1.29 is 29.2 Å². The zero-order valence-corrected chi connectivity index (χ0v) is 21.2. The summed E-state index contributed by atoms with van der Waals surface area (Å²) in [5.41, 5.74) is 3.08. The molecule has 0 aromatic heterocycles. The monoisotopic (exact) mass is 502 g/mol. The van der Waals surface area contributed by atoms with Crippen molar-refractivity contribution in [3.63, 3.8) is 0 Å². The summed E-state index contributed by atoms with van der Waals surface area (Å²) in [5.74, 6) is 2.00. The third-order valence-corrected chi connectivity index (χ3v) is 8.84. The highest BCUT2D eigenvalue weighted by atomic mass is 16.7. The number of carboxylic acid groups (broad SMARTS) is 1. The van der Waals surface area contributed by atoms with Crippen LogP contribution in [-0.2, 0) is 14.9 Å². The molecule has 37 heavy (non-hydrogen) atoms. The topological polar surface area (TPSA) is 85.2 Å². The summed E-state index contributed by atoms with van der Waals surface area (Å²) in [4.78, 5) is 11.3. The van der Waals surface area contributed by atoms with Crippen molar-refractivity contribution in [3.8, 4) is 22.6 Å². The number of phenols is 1. The Kier molecular flexibility index (Phi) is 6.33. The fourth-order valence-corrected chi connectivity index (χ4v) is 7.63. The second-order valence-corrected chi connectivity index (χ2v) is 11.3. The Balaban J connectivity index is 1.39. The zero-order valence-electron chi connectivity index (χ0n) is 21.2. The fraction of sp³-hybridized carbons (Fsp3) is 0.452. The molecule has 0 unspecified atom stereocenters. The van der Waals surface area contributed by atoms with Crippen molar-refractivity contribution in [3.05, 3.63) is 59.7 Å².